The second-order valence-corrected chi connectivity index (χ2v) is 8.43. The number of nitrogens with one attached hydrogen (secondary N) is 1. The van der Waals surface area contributed by atoms with Crippen LogP contribution in [0.3, 0.4) is 0 Å². The number of benzene rings is 1. The van der Waals surface area contributed by atoms with Gasteiger partial charge in [0.2, 0.25) is 5.89 Å². The smallest absolute Gasteiger partial charge is 0.257 e. The van der Waals surface area contributed by atoms with Gasteiger partial charge in [0.25, 0.3) is 5.91 Å². The Morgan fingerprint density at radius 2 is 1.84 bits per heavy atom. The highest BCUT2D eigenvalue weighted by Gasteiger charge is 2.10. The van der Waals surface area contributed by atoms with Crippen LogP contribution < -0.4 is 11.1 Å². The van der Waals surface area contributed by atoms with Crippen molar-refractivity contribution in [1.29, 1.82) is 0 Å². The average molecular weight is 475 g/mol. The van der Waals surface area contributed by atoms with Crippen LogP contribution in [0.2, 0.25) is 0 Å². The minimum atomic E-state index is -0.230. The van der Waals surface area contributed by atoms with E-state index >= 15 is 0 Å². The monoisotopic (exact) mass is 474 g/mol. The Kier molecular flexibility index (Phi) is 13.6. The first-order valence-corrected chi connectivity index (χ1v) is 12.0. The second-order valence-electron chi connectivity index (χ2n) is 6.13. The molecule has 0 aliphatic carbocycles. The van der Waals surface area contributed by atoms with Crippen LogP contribution >= 0.6 is 23.1 Å². The van der Waals surface area contributed by atoms with Crippen LogP contribution in [0.5, 0.6) is 0 Å². The number of aryl methyl sites for hydroxylation is 1. The fraction of sp³-hybridized carbons (Fsp3) is 0.304. The fourth-order valence-electron chi connectivity index (χ4n) is 2.16. The number of hydrogen-bond donors (Lipinski definition) is 2. The maximum Gasteiger partial charge on any atom is 0.257 e. The molecular formula is C23H30N4O3S2. The number of carbonyl (C=O) groups excluding carboxylic acids is 2. The van der Waals surface area contributed by atoms with Crippen LogP contribution in [-0.4, -0.2) is 29.2 Å². The van der Waals surface area contributed by atoms with E-state index in [1.807, 2.05) is 6.92 Å². The zero-order chi connectivity index (χ0) is 23.8. The van der Waals surface area contributed by atoms with E-state index in [2.05, 4.69) is 34.9 Å². The zero-order valence-corrected chi connectivity index (χ0v) is 20.5. The van der Waals surface area contributed by atoms with Crippen LogP contribution in [-0.2, 0) is 17.0 Å². The highest BCUT2D eigenvalue weighted by atomic mass is 32.2. The summed E-state index contributed by atoms with van der Waals surface area (Å²) in [4.78, 5) is 31.1. The van der Waals surface area contributed by atoms with Gasteiger partial charge in [-0.05, 0) is 30.8 Å². The Morgan fingerprint density at radius 3 is 2.44 bits per heavy atom. The minimum Gasteiger partial charge on any atom is -0.445 e. The van der Waals surface area contributed by atoms with Crippen molar-refractivity contribution in [1.82, 2.24) is 9.97 Å². The molecule has 0 atom stereocenters. The standard InChI is InChI=1S/C19H17N3O3S2.C3H8.CH5N/c1-2-15-10-20-16(25-15)12-26-17-11-21-19(27-17)22-18(24)14-7-5-13(6-8-14)4-3-9-23;1-3-2;1-2/h3-11H,2,12H2,1H3,(H,21,22,24);3H2,1-2H3;2H2,1H3/b4-3+;;. The SMILES string of the molecule is CCC.CCc1cnc(CSc2cnc(NC(=O)c3ccc(/C=C/C=O)cc3)s2)o1.CN. The van der Waals surface area contributed by atoms with Crippen molar-refractivity contribution >= 4 is 46.5 Å². The molecule has 0 spiro atoms. The number of thioether (sulfide) groups is 1. The van der Waals surface area contributed by atoms with Crippen molar-refractivity contribution in [3.63, 3.8) is 0 Å². The van der Waals surface area contributed by atoms with Gasteiger partial charge in [0, 0.05) is 12.0 Å². The van der Waals surface area contributed by atoms with Gasteiger partial charge in [-0.2, -0.15) is 0 Å². The number of anilines is 1. The summed E-state index contributed by atoms with van der Waals surface area (Å²) in [6.45, 7) is 6.27. The lowest BCUT2D eigenvalue weighted by molar-refractivity contribution is -0.104. The summed E-state index contributed by atoms with van der Waals surface area (Å²) >= 11 is 2.97. The number of aldehydes is 1. The molecule has 172 valence electrons. The molecule has 3 aromatic rings. The predicted molar refractivity (Wildman–Crippen MR) is 133 cm³/mol. The molecule has 3 N–H and O–H groups in total. The number of hydrogen-bond acceptors (Lipinski definition) is 8. The van der Waals surface area contributed by atoms with Gasteiger partial charge in [0.05, 0.1) is 22.4 Å². The molecule has 1 aromatic carbocycles. The van der Waals surface area contributed by atoms with Crippen LogP contribution in [0.4, 0.5) is 5.13 Å². The number of nitrogens with zero attached hydrogens (tertiary/aromatic N) is 2. The van der Waals surface area contributed by atoms with Gasteiger partial charge in [0.15, 0.2) is 5.13 Å². The molecular weight excluding hydrogens is 444 g/mol. The van der Waals surface area contributed by atoms with Gasteiger partial charge < -0.3 is 10.2 Å². The molecule has 32 heavy (non-hydrogen) atoms. The topological polar surface area (TPSA) is 111 Å². The number of amides is 1. The minimum absolute atomic E-state index is 0.230. The third-order valence-electron chi connectivity index (χ3n) is 3.53. The Hall–Kier alpha value is -2.75. The van der Waals surface area contributed by atoms with Crippen molar-refractivity contribution in [2.45, 2.75) is 43.6 Å². The highest BCUT2D eigenvalue weighted by Crippen LogP contribution is 2.30. The summed E-state index contributed by atoms with van der Waals surface area (Å²) in [5.74, 6) is 1.94. The lowest BCUT2D eigenvalue weighted by Gasteiger charge is -2.02. The number of thiazole rings is 1. The third kappa shape index (κ3) is 9.59. The van der Waals surface area contributed by atoms with E-state index < -0.39 is 0 Å². The zero-order valence-electron chi connectivity index (χ0n) is 18.8. The highest BCUT2D eigenvalue weighted by molar-refractivity contribution is 8.00. The van der Waals surface area contributed by atoms with E-state index in [9.17, 15) is 9.59 Å². The first-order valence-electron chi connectivity index (χ1n) is 10.2. The Balaban J connectivity index is 0.000000944. The average Bonchev–Trinajstić information content (AvgIpc) is 3.47. The summed E-state index contributed by atoms with van der Waals surface area (Å²) in [5.41, 5.74) is 5.87. The lowest BCUT2D eigenvalue weighted by Crippen LogP contribution is -2.11. The largest absolute Gasteiger partial charge is 0.445 e. The first kappa shape index (κ1) is 27.3. The number of allylic oxidation sites excluding steroid dienone is 1. The maximum absolute atomic E-state index is 12.3. The van der Waals surface area contributed by atoms with Crippen molar-refractivity contribution < 1.29 is 14.0 Å². The van der Waals surface area contributed by atoms with Crippen LogP contribution in [0.25, 0.3) is 6.08 Å². The summed E-state index contributed by atoms with van der Waals surface area (Å²) in [5, 5.41) is 3.33. The number of rotatable bonds is 8. The third-order valence-corrected chi connectivity index (χ3v) is 5.63. The number of carbonyl (C=O) groups is 2. The molecule has 0 unspecified atom stereocenters. The summed E-state index contributed by atoms with van der Waals surface area (Å²) in [6, 6.07) is 6.96. The van der Waals surface area contributed by atoms with Crippen molar-refractivity contribution in [3.05, 3.63) is 65.5 Å². The first-order chi connectivity index (χ1) is 15.6. The van der Waals surface area contributed by atoms with Gasteiger partial charge in [-0.25, -0.2) is 9.97 Å². The van der Waals surface area contributed by atoms with Gasteiger partial charge in [-0.1, -0.05) is 56.7 Å². The van der Waals surface area contributed by atoms with Crippen LogP contribution in [0.15, 0.2) is 51.4 Å². The molecule has 0 saturated heterocycles. The van der Waals surface area contributed by atoms with E-state index in [0.29, 0.717) is 28.6 Å². The number of aromatic nitrogens is 2. The van der Waals surface area contributed by atoms with Gasteiger partial charge >= 0.3 is 0 Å². The molecule has 7 nitrogen and oxygen atoms in total. The quantitative estimate of drug-likeness (QED) is 0.254. The molecule has 0 aliphatic heterocycles. The second kappa shape index (κ2) is 16.0. The molecule has 1 amide bonds. The van der Waals surface area contributed by atoms with E-state index in [1.54, 1.807) is 54.5 Å². The lowest BCUT2D eigenvalue weighted by atomic mass is 10.1. The van der Waals surface area contributed by atoms with Gasteiger partial charge in [-0.15, -0.1) is 11.8 Å². The molecule has 2 heterocycles. The summed E-state index contributed by atoms with van der Waals surface area (Å²) in [6.07, 6.45) is 9.34. The molecule has 9 heteroatoms. The van der Waals surface area contributed by atoms with Gasteiger partial charge in [-0.3, -0.25) is 14.9 Å². The fourth-order valence-corrected chi connectivity index (χ4v) is 3.88. The van der Waals surface area contributed by atoms with E-state index in [4.69, 9.17) is 4.42 Å². The van der Waals surface area contributed by atoms with E-state index in [0.717, 1.165) is 22.0 Å². The van der Waals surface area contributed by atoms with Crippen LogP contribution in [0, 0.1) is 0 Å². The van der Waals surface area contributed by atoms with Crippen molar-refractivity contribution in [2.24, 2.45) is 5.73 Å². The summed E-state index contributed by atoms with van der Waals surface area (Å²) < 4.78 is 6.54. The normalized spacial score (nSPS) is 10.0. The Morgan fingerprint density at radius 1 is 1.16 bits per heavy atom. The molecule has 2 aromatic heterocycles. The Bertz CT molecular complexity index is 966. The maximum atomic E-state index is 12.3. The molecule has 0 fully saturated rings. The molecule has 0 aliphatic rings. The van der Waals surface area contributed by atoms with E-state index in [-0.39, 0.29) is 5.91 Å². The molecule has 3 rings (SSSR count). The predicted octanol–water partition coefficient (Wildman–Crippen LogP) is 5.44. The van der Waals surface area contributed by atoms with E-state index in [1.165, 1.54) is 30.9 Å². The number of nitrogens with two attached hydrogens (primary N) is 1. The van der Waals surface area contributed by atoms with Gasteiger partial charge in [0.1, 0.15) is 12.0 Å². The molecule has 0 saturated carbocycles. The van der Waals surface area contributed by atoms with Crippen molar-refractivity contribution in [2.75, 3.05) is 12.4 Å². The van der Waals surface area contributed by atoms with Crippen LogP contribution in [0.1, 0.15) is 54.8 Å². The molecule has 0 bridgehead atoms. The number of oxazole rings is 1. The van der Waals surface area contributed by atoms with Crippen molar-refractivity contribution in [3.8, 4) is 0 Å². The molecule has 0 radical (unpaired) electrons. The summed E-state index contributed by atoms with van der Waals surface area (Å²) in [7, 11) is 1.50. The Labute approximate surface area is 197 Å².